The molecule has 0 saturated carbocycles. The van der Waals surface area contributed by atoms with Gasteiger partial charge in [0.15, 0.2) is 0 Å². The second-order valence-corrected chi connectivity index (χ2v) is 3.55. The van der Waals surface area contributed by atoms with Crippen molar-refractivity contribution in [3.63, 3.8) is 0 Å². The smallest absolute Gasteiger partial charge is 0.147 e. The van der Waals surface area contributed by atoms with Gasteiger partial charge in [-0.2, -0.15) is 5.48 Å². The summed E-state index contributed by atoms with van der Waals surface area (Å²) in [5.74, 6) is 0.843. The first-order valence-corrected chi connectivity index (χ1v) is 5.44. The van der Waals surface area contributed by atoms with E-state index in [1.54, 1.807) is 0 Å². The molecule has 0 bridgehead atoms. The number of nitrogens with one attached hydrogen (secondary N) is 1. The number of benzene rings is 2. The van der Waals surface area contributed by atoms with Gasteiger partial charge in [0.25, 0.3) is 0 Å². The topological polar surface area (TPSA) is 21.3 Å². The lowest BCUT2D eigenvalue weighted by Crippen LogP contribution is -2.21. The van der Waals surface area contributed by atoms with E-state index in [1.165, 1.54) is 5.56 Å². The Balaban J connectivity index is 1.70. The fourth-order valence-corrected chi connectivity index (χ4v) is 1.46. The second-order valence-electron chi connectivity index (χ2n) is 3.55. The first-order valence-electron chi connectivity index (χ1n) is 5.44. The highest BCUT2D eigenvalue weighted by atomic mass is 16.6. The van der Waals surface area contributed by atoms with Crippen LogP contribution in [0.15, 0.2) is 60.7 Å². The third kappa shape index (κ3) is 3.41. The van der Waals surface area contributed by atoms with Crippen molar-refractivity contribution >= 4 is 0 Å². The van der Waals surface area contributed by atoms with Crippen LogP contribution < -0.4 is 10.3 Å². The Morgan fingerprint density at radius 2 is 1.44 bits per heavy atom. The van der Waals surface area contributed by atoms with E-state index in [-0.39, 0.29) is 0 Å². The van der Waals surface area contributed by atoms with Gasteiger partial charge in [-0.1, -0.05) is 48.5 Å². The number of hydrogen-bond acceptors (Lipinski definition) is 2. The van der Waals surface area contributed by atoms with Gasteiger partial charge in [0, 0.05) is 6.54 Å². The number of hydrogen-bond donors (Lipinski definition) is 1. The molecule has 0 fully saturated rings. The van der Waals surface area contributed by atoms with Crippen molar-refractivity contribution in [1.82, 2.24) is 5.48 Å². The maximum absolute atomic E-state index is 5.38. The molecule has 0 aliphatic carbocycles. The van der Waals surface area contributed by atoms with E-state index in [9.17, 15) is 0 Å². The Bertz CT molecular complexity index is 358. The van der Waals surface area contributed by atoms with Gasteiger partial charge in [-0.3, -0.25) is 0 Å². The second kappa shape index (κ2) is 5.93. The summed E-state index contributed by atoms with van der Waals surface area (Å²) in [5, 5.41) is 0. The first kappa shape index (κ1) is 10.7. The summed E-state index contributed by atoms with van der Waals surface area (Å²) >= 11 is 0. The minimum atomic E-state index is 0.804. The molecule has 0 atom stereocenters. The molecule has 0 unspecified atom stereocenters. The fourth-order valence-electron chi connectivity index (χ4n) is 1.46. The summed E-state index contributed by atoms with van der Waals surface area (Å²) in [6.07, 6.45) is 0.966. The molecule has 0 radical (unpaired) electrons. The van der Waals surface area contributed by atoms with Crippen LogP contribution in [0.5, 0.6) is 5.75 Å². The Kier molecular flexibility index (Phi) is 3.97. The molecule has 2 nitrogen and oxygen atoms in total. The third-order valence-electron chi connectivity index (χ3n) is 2.29. The van der Waals surface area contributed by atoms with Crippen LogP contribution in [0.2, 0.25) is 0 Å². The molecule has 2 aromatic carbocycles. The monoisotopic (exact) mass is 213 g/mol. The molecule has 0 saturated heterocycles. The van der Waals surface area contributed by atoms with E-state index in [1.807, 2.05) is 48.5 Å². The Hall–Kier alpha value is -1.80. The summed E-state index contributed by atoms with van der Waals surface area (Å²) < 4.78 is 0. The van der Waals surface area contributed by atoms with Gasteiger partial charge >= 0.3 is 0 Å². The lowest BCUT2D eigenvalue weighted by atomic mass is 10.2. The third-order valence-corrected chi connectivity index (χ3v) is 2.29. The summed E-state index contributed by atoms with van der Waals surface area (Å²) in [6.45, 7) is 0.804. The zero-order valence-electron chi connectivity index (χ0n) is 9.10. The molecule has 82 valence electrons. The van der Waals surface area contributed by atoms with Crippen LogP contribution in [-0.4, -0.2) is 6.54 Å². The fraction of sp³-hybridized carbons (Fsp3) is 0.143. The first-order chi connectivity index (χ1) is 7.95. The average Bonchev–Trinajstić information content (AvgIpc) is 2.37. The number of hydroxylamine groups is 1. The van der Waals surface area contributed by atoms with Crippen molar-refractivity contribution in [3.05, 3.63) is 66.2 Å². The predicted octanol–water partition coefficient (Wildman–Crippen LogP) is 2.81. The van der Waals surface area contributed by atoms with Crippen molar-refractivity contribution in [1.29, 1.82) is 0 Å². The van der Waals surface area contributed by atoms with Crippen molar-refractivity contribution in [2.45, 2.75) is 6.42 Å². The van der Waals surface area contributed by atoms with E-state index in [4.69, 9.17) is 4.84 Å². The normalized spacial score (nSPS) is 10.0. The molecule has 1 N–H and O–H groups in total. The molecule has 0 amide bonds. The number of para-hydroxylation sites is 1. The van der Waals surface area contributed by atoms with Gasteiger partial charge in [0.1, 0.15) is 5.75 Å². The van der Waals surface area contributed by atoms with E-state index in [0.29, 0.717) is 0 Å². The van der Waals surface area contributed by atoms with Crippen molar-refractivity contribution < 1.29 is 4.84 Å². The lowest BCUT2D eigenvalue weighted by molar-refractivity contribution is 0.197. The SMILES string of the molecule is c1ccc(CCNOc2ccccc2)cc1. The molecule has 16 heavy (non-hydrogen) atoms. The predicted molar refractivity (Wildman–Crippen MR) is 65.2 cm³/mol. The van der Waals surface area contributed by atoms with Crippen LogP contribution in [-0.2, 0) is 6.42 Å². The maximum atomic E-state index is 5.38. The molecule has 2 aromatic rings. The maximum Gasteiger partial charge on any atom is 0.147 e. The van der Waals surface area contributed by atoms with Gasteiger partial charge in [0.2, 0.25) is 0 Å². The van der Waals surface area contributed by atoms with Gasteiger partial charge in [-0.25, -0.2) is 0 Å². The number of rotatable bonds is 5. The van der Waals surface area contributed by atoms with Crippen LogP contribution in [0.25, 0.3) is 0 Å². The average molecular weight is 213 g/mol. The molecule has 2 rings (SSSR count). The quantitative estimate of drug-likeness (QED) is 0.609. The van der Waals surface area contributed by atoms with Gasteiger partial charge in [-0.15, -0.1) is 0 Å². The Labute approximate surface area is 95.8 Å². The Morgan fingerprint density at radius 1 is 0.812 bits per heavy atom. The highest BCUT2D eigenvalue weighted by Crippen LogP contribution is 2.06. The van der Waals surface area contributed by atoms with Crippen molar-refractivity contribution in [3.8, 4) is 5.75 Å². The standard InChI is InChI=1S/C14H15NO/c1-3-7-13(8-4-1)11-12-15-16-14-9-5-2-6-10-14/h1-10,15H,11-12H2. The minimum absolute atomic E-state index is 0.804. The molecule has 0 aliphatic rings. The Morgan fingerprint density at radius 3 is 2.12 bits per heavy atom. The zero-order valence-corrected chi connectivity index (χ0v) is 9.10. The molecular weight excluding hydrogens is 198 g/mol. The van der Waals surface area contributed by atoms with E-state index in [2.05, 4.69) is 17.6 Å². The van der Waals surface area contributed by atoms with Crippen LogP contribution in [0.1, 0.15) is 5.56 Å². The summed E-state index contributed by atoms with van der Waals surface area (Å²) in [5.41, 5.74) is 4.26. The van der Waals surface area contributed by atoms with Crippen LogP contribution >= 0.6 is 0 Å². The van der Waals surface area contributed by atoms with Gasteiger partial charge < -0.3 is 4.84 Å². The van der Waals surface area contributed by atoms with Crippen LogP contribution in [0.4, 0.5) is 0 Å². The molecule has 2 heteroatoms. The molecule has 0 heterocycles. The molecule has 0 aliphatic heterocycles. The molecule has 0 aromatic heterocycles. The zero-order chi connectivity index (χ0) is 11.1. The van der Waals surface area contributed by atoms with E-state index >= 15 is 0 Å². The van der Waals surface area contributed by atoms with Gasteiger partial charge in [0.05, 0.1) is 0 Å². The van der Waals surface area contributed by atoms with Crippen molar-refractivity contribution in [2.24, 2.45) is 0 Å². The van der Waals surface area contributed by atoms with E-state index in [0.717, 1.165) is 18.7 Å². The summed E-state index contributed by atoms with van der Waals surface area (Å²) in [6, 6.07) is 20.1. The summed E-state index contributed by atoms with van der Waals surface area (Å²) in [4.78, 5) is 5.38. The summed E-state index contributed by atoms with van der Waals surface area (Å²) in [7, 11) is 0. The molecule has 0 spiro atoms. The van der Waals surface area contributed by atoms with Crippen LogP contribution in [0.3, 0.4) is 0 Å². The minimum Gasteiger partial charge on any atom is -0.409 e. The van der Waals surface area contributed by atoms with E-state index < -0.39 is 0 Å². The van der Waals surface area contributed by atoms with Gasteiger partial charge in [-0.05, 0) is 24.1 Å². The lowest BCUT2D eigenvalue weighted by Gasteiger charge is -2.06. The largest absolute Gasteiger partial charge is 0.409 e. The highest BCUT2D eigenvalue weighted by Gasteiger charge is 1.92. The van der Waals surface area contributed by atoms with Crippen LogP contribution in [0, 0.1) is 0 Å². The van der Waals surface area contributed by atoms with Crippen molar-refractivity contribution in [2.75, 3.05) is 6.54 Å². The highest BCUT2D eigenvalue weighted by molar-refractivity contribution is 5.20. The molecular formula is C14H15NO.